The minimum Gasteiger partial charge on any atom is -0.508 e. The molecular formula is C88H117O8PS4. The first-order valence-corrected chi connectivity index (χ1v) is 39.5. The van der Waals surface area contributed by atoms with Crippen molar-refractivity contribution < 1.29 is 39.1 Å². The third-order valence-electron chi connectivity index (χ3n) is 18.2. The van der Waals surface area contributed by atoms with Gasteiger partial charge in [0.2, 0.25) is 0 Å². The second kappa shape index (κ2) is 30.2. The predicted octanol–water partition coefficient (Wildman–Crippen LogP) is 27.1. The van der Waals surface area contributed by atoms with Crippen LogP contribution in [0.15, 0.2) is 136 Å². The Kier molecular flexibility index (Phi) is 24.6. The third kappa shape index (κ3) is 20.3. The van der Waals surface area contributed by atoms with Gasteiger partial charge in [-0.05, 0) is 240 Å². The van der Waals surface area contributed by atoms with Crippen LogP contribution in [-0.4, -0.2) is 25.5 Å². The summed E-state index contributed by atoms with van der Waals surface area (Å²) in [6.45, 7) is 68.3. The summed E-state index contributed by atoms with van der Waals surface area (Å²) in [6.07, 6.45) is 0. The lowest BCUT2D eigenvalue weighted by molar-refractivity contribution is 0.371. The van der Waals surface area contributed by atoms with Gasteiger partial charge < -0.3 is 39.1 Å². The van der Waals surface area contributed by atoms with E-state index in [1.807, 2.05) is 44.2 Å². The maximum absolute atomic E-state index is 11.0. The lowest BCUT2D eigenvalue weighted by atomic mass is 9.86. The van der Waals surface area contributed by atoms with Crippen LogP contribution in [0.3, 0.4) is 0 Å². The van der Waals surface area contributed by atoms with Crippen molar-refractivity contribution in [2.24, 2.45) is 0 Å². The highest BCUT2D eigenvalue weighted by atomic mass is 32.2. The van der Waals surface area contributed by atoms with Crippen molar-refractivity contribution >= 4 is 55.6 Å². The van der Waals surface area contributed by atoms with Gasteiger partial charge in [-0.2, -0.15) is 0 Å². The van der Waals surface area contributed by atoms with Gasteiger partial charge >= 0.3 is 8.60 Å². The molecule has 0 unspecified atom stereocenters. The smallest absolute Gasteiger partial charge is 0.508 e. The van der Waals surface area contributed by atoms with Crippen molar-refractivity contribution in [1.82, 2.24) is 0 Å². The van der Waals surface area contributed by atoms with Crippen LogP contribution in [0.2, 0.25) is 0 Å². The molecule has 0 fully saturated rings. The van der Waals surface area contributed by atoms with Crippen LogP contribution in [0, 0.1) is 55.4 Å². The molecule has 0 saturated carbocycles. The first kappa shape index (κ1) is 82.3. The maximum atomic E-state index is 11.0. The zero-order valence-electron chi connectivity index (χ0n) is 66.8. The monoisotopic (exact) mass is 1460 g/mol. The van der Waals surface area contributed by atoms with Crippen LogP contribution in [0.1, 0.15) is 255 Å². The summed E-state index contributed by atoms with van der Waals surface area (Å²) < 4.78 is 21.9. The first-order chi connectivity index (χ1) is 45.9. The van der Waals surface area contributed by atoms with Gasteiger partial charge in [-0.25, -0.2) is 0 Å². The standard InChI is InChI=1S/C66H87O6PS3.C22H30O2S/c1-37-25-49(67)43(61(7,8)9)31-55(37)74-58-34-46(64(16,17)18)52(28-40(58)4)70-73(71-53-29-41(5)59(35-47(53)65(19,20)21)75-56-32-44(62(10,11)12)50(68)26-38(56)2)72-54-30-42(6)60(36-48(54)66(22,23)24)76-57-33-45(63(13,14)15)51(69)27-39(57)3;1-13-9-17(23)15(21(3,4)5)11-19(13)25-20-12-16(22(6,7)8)18(24)10-14(20)2/h25-36,67-69H,1-24H3;9-12,23-24H,1-8H3. The van der Waals surface area contributed by atoms with Crippen LogP contribution in [0.25, 0.3) is 0 Å². The lowest BCUT2D eigenvalue weighted by Crippen LogP contribution is -2.17. The molecule has 8 aromatic carbocycles. The fourth-order valence-corrected chi connectivity index (χ4v) is 17.2. The highest BCUT2D eigenvalue weighted by Gasteiger charge is 2.34. The third-order valence-corrected chi connectivity index (χ3v) is 24.5. The van der Waals surface area contributed by atoms with E-state index in [1.165, 1.54) is 0 Å². The number of rotatable bonds is 14. The molecule has 0 aromatic heterocycles. The van der Waals surface area contributed by atoms with E-state index in [0.717, 1.165) is 128 Å². The van der Waals surface area contributed by atoms with Gasteiger partial charge in [-0.15, -0.1) is 0 Å². The van der Waals surface area contributed by atoms with E-state index in [1.54, 1.807) is 47.0 Å². The molecule has 0 radical (unpaired) electrons. The molecule has 0 heterocycles. The molecule has 5 N–H and O–H groups in total. The summed E-state index contributed by atoms with van der Waals surface area (Å²) in [6, 6.07) is 33.1. The fraction of sp³-hybridized carbons (Fsp3) is 0.455. The maximum Gasteiger partial charge on any atom is 0.530 e. The average molecular weight is 1460 g/mol. The van der Waals surface area contributed by atoms with E-state index >= 15 is 0 Å². The largest absolute Gasteiger partial charge is 0.530 e. The Morgan fingerprint density at radius 2 is 0.337 bits per heavy atom. The highest BCUT2D eigenvalue weighted by molar-refractivity contribution is 8.00. The molecule has 0 aliphatic rings. The Hall–Kier alpha value is -6.01. The first-order valence-electron chi connectivity index (χ1n) is 35.1. The molecule has 13 heteroatoms. The molecule has 0 aliphatic carbocycles. The number of hydrogen-bond donors (Lipinski definition) is 5. The molecule has 0 bridgehead atoms. The summed E-state index contributed by atoms with van der Waals surface area (Å²) in [7, 11) is -2.17. The second-order valence-electron chi connectivity index (χ2n) is 35.9. The van der Waals surface area contributed by atoms with Crippen LogP contribution < -0.4 is 13.6 Å². The number of benzene rings is 8. The lowest BCUT2D eigenvalue weighted by Gasteiger charge is -2.30. The van der Waals surface area contributed by atoms with Crippen molar-refractivity contribution in [2.45, 2.75) is 304 Å². The predicted molar refractivity (Wildman–Crippen MR) is 433 cm³/mol. The van der Waals surface area contributed by atoms with E-state index in [0.29, 0.717) is 46.0 Å². The van der Waals surface area contributed by atoms with Crippen molar-refractivity contribution in [3.8, 4) is 46.0 Å². The summed E-state index contributed by atoms with van der Waals surface area (Å²) in [4.78, 5) is 8.86. The molecule has 0 saturated heterocycles. The Morgan fingerprint density at radius 3 is 0.475 bits per heavy atom. The topological polar surface area (TPSA) is 129 Å². The van der Waals surface area contributed by atoms with Crippen molar-refractivity contribution in [2.75, 3.05) is 0 Å². The van der Waals surface area contributed by atoms with Gasteiger partial charge in [0.1, 0.15) is 46.0 Å². The zero-order chi connectivity index (χ0) is 76.3. The molecule has 8 aromatic rings. The van der Waals surface area contributed by atoms with Gasteiger partial charge in [0.15, 0.2) is 0 Å². The molecule has 0 atom stereocenters. The minimum atomic E-state index is -2.17. The van der Waals surface area contributed by atoms with Gasteiger partial charge in [0, 0.05) is 83.7 Å². The normalized spacial score (nSPS) is 12.8. The van der Waals surface area contributed by atoms with Crippen LogP contribution >= 0.6 is 55.6 Å². The number of hydrogen-bond acceptors (Lipinski definition) is 12. The van der Waals surface area contributed by atoms with E-state index in [-0.39, 0.29) is 43.3 Å². The summed E-state index contributed by atoms with van der Waals surface area (Å²) >= 11 is 6.84. The van der Waals surface area contributed by atoms with Crippen LogP contribution in [-0.2, 0) is 43.3 Å². The van der Waals surface area contributed by atoms with Gasteiger partial charge in [0.25, 0.3) is 0 Å². The fourth-order valence-electron chi connectivity index (χ4n) is 12.0. The van der Waals surface area contributed by atoms with Crippen molar-refractivity contribution in [1.29, 1.82) is 0 Å². The molecular weight excluding hydrogens is 1340 g/mol. The van der Waals surface area contributed by atoms with Gasteiger partial charge in [-0.3, -0.25) is 0 Å². The molecule has 8 rings (SSSR count). The molecule has 0 spiro atoms. The quantitative estimate of drug-likeness (QED) is 0.0665. The van der Waals surface area contributed by atoms with E-state index in [4.69, 9.17) is 13.6 Å². The Morgan fingerprint density at radius 1 is 0.208 bits per heavy atom. The molecule has 546 valence electrons. The van der Waals surface area contributed by atoms with Gasteiger partial charge in [0.05, 0.1) is 0 Å². The zero-order valence-corrected chi connectivity index (χ0v) is 70.9. The van der Waals surface area contributed by atoms with E-state index in [9.17, 15) is 25.5 Å². The minimum absolute atomic E-state index is 0.117. The number of aryl methyl sites for hydroxylation is 8. The molecule has 101 heavy (non-hydrogen) atoms. The van der Waals surface area contributed by atoms with E-state index < -0.39 is 8.60 Å². The van der Waals surface area contributed by atoms with Gasteiger partial charge in [-0.1, -0.05) is 213 Å². The number of phenolic OH excluding ortho intramolecular Hbond substituents is 5. The second-order valence-corrected chi connectivity index (χ2v) is 41.3. The van der Waals surface area contributed by atoms with Crippen molar-refractivity contribution in [3.05, 3.63) is 186 Å². The molecule has 0 aliphatic heterocycles. The van der Waals surface area contributed by atoms with E-state index in [2.05, 4.69) is 274 Å². The highest BCUT2D eigenvalue weighted by Crippen LogP contribution is 2.54. The Labute approximate surface area is 626 Å². The number of aromatic hydroxyl groups is 5. The SMILES string of the molecule is Cc1cc(O)c(C(C)(C)C)cc1Sc1cc(C(C)(C)C)c(O)cc1C.Cc1cc(O)c(C(C)(C)C)cc1Sc1cc(C(C)(C)C)c(OP(Oc2cc(C)c(Sc3cc(C(C)(C)C)c(O)cc3C)cc2C(C)(C)C)Oc2cc(C)c(Sc3cc(C(C)(C)C)c(O)cc3C)cc2C(C)(C)C)cc1C. The summed E-state index contributed by atoms with van der Waals surface area (Å²) in [5.41, 5.74) is 14.1. The molecule has 0 amide bonds. The average Bonchev–Trinajstić information content (AvgIpc) is 0.783. The molecule has 8 nitrogen and oxygen atoms in total. The van der Waals surface area contributed by atoms with Crippen LogP contribution in [0.4, 0.5) is 0 Å². The number of phenols is 5. The van der Waals surface area contributed by atoms with Crippen LogP contribution in [0.5, 0.6) is 46.0 Å². The Bertz CT molecular complexity index is 3990. The summed E-state index contributed by atoms with van der Waals surface area (Å²) in [5, 5.41) is 53.6. The Balaban J connectivity index is 0.000000479. The summed E-state index contributed by atoms with van der Waals surface area (Å²) in [5.74, 6) is 3.73. The van der Waals surface area contributed by atoms with Crippen molar-refractivity contribution in [3.63, 3.8) is 0 Å².